The normalized spacial score (nSPS) is 18.6. The fourth-order valence-electron chi connectivity index (χ4n) is 4.76. The molecule has 34 heavy (non-hydrogen) atoms. The van der Waals surface area contributed by atoms with Crippen molar-refractivity contribution in [1.82, 2.24) is 0 Å². The van der Waals surface area contributed by atoms with Crippen LogP contribution < -0.4 is 0 Å². The fraction of sp³-hybridized carbons (Fsp3) is 0.448. The number of halogens is 4. The number of allylic oxidation sites excluding steroid dienone is 2. The van der Waals surface area contributed by atoms with Gasteiger partial charge in [0.25, 0.3) is 0 Å². The molecule has 0 N–H and O–H groups in total. The maximum absolute atomic E-state index is 14.7. The van der Waals surface area contributed by atoms with Crippen molar-refractivity contribution in [2.45, 2.75) is 69.8 Å². The van der Waals surface area contributed by atoms with Crippen LogP contribution in [-0.2, 0) is 23.7 Å². The Morgan fingerprint density at radius 1 is 0.853 bits per heavy atom. The van der Waals surface area contributed by atoms with E-state index in [1.54, 1.807) is 0 Å². The van der Waals surface area contributed by atoms with Gasteiger partial charge >= 0.3 is 6.11 Å². The number of benzene rings is 2. The highest BCUT2D eigenvalue weighted by Crippen LogP contribution is 2.40. The highest BCUT2D eigenvalue weighted by Gasteiger charge is 2.40. The lowest BCUT2D eigenvalue weighted by Crippen LogP contribution is -2.24. The van der Waals surface area contributed by atoms with Gasteiger partial charge in [-0.05, 0) is 98.4 Å². The fourth-order valence-corrected chi connectivity index (χ4v) is 4.76. The van der Waals surface area contributed by atoms with E-state index in [9.17, 15) is 17.6 Å². The smallest absolute Gasteiger partial charge is 0.316 e. The number of aryl methyl sites for hydroxylation is 1. The van der Waals surface area contributed by atoms with Crippen LogP contribution >= 0.6 is 0 Å². The lowest BCUT2D eigenvalue weighted by Gasteiger charge is -2.29. The van der Waals surface area contributed by atoms with Crippen molar-refractivity contribution in [2.75, 3.05) is 6.61 Å². The van der Waals surface area contributed by atoms with Crippen molar-refractivity contribution in [3.8, 4) is 0 Å². The average molecular weight is 475 g/mol. The Bertz CT molecular complexity index is 920. The van der Waals surface area contributed by atoms with E-state index in [2.05, 4.69) is 17.9 Å². The Hall–Kier alpha value is -2.40. The molecule has 1 saturated carbocycles. The molecular weight excluding hydrogens is 440 g/mol. The predicted octanol–water partition coefficient (Wildman–Crippen LogP) is 8.63. The van der Waals surface area contributed by atoms with E-state index in [1.165, 1.54) is 0 Å². The van der Waals surface area contributed by atoms with E-state index in [4.69, 9.17) is 0 Å². The van der Waals surface area contributed by atoms with E-state index in [1.807, 2.05) is 36.4 Å². The summed E-state index contributed by atoms with van der Waals surface area (Å²) < 4.78 is 63.3. The van der Waals surface area contributed by atoms with Gasteiger partial charge in [0.2, 0.25) is 0 Å². The van der Waals surface area contributed by atoms with Crippen molar-refractivity contribution in [3.05, 3.63) is 95.6 Å². The summed E-state index contributed by atoms with van der Waals surface area (Å²) in [7, 11) is 0. The summed E-state index contributed by atoms with van der Waals surface area (Å²) in [5.74, 6) is -1.92. The van der Waals surface area contributed by atoms with Crippen molar-refractivity contribution < 1.29 is 22.3 Å². The van der Waals surface area contributed by atoms with Gasteiger partial charge in [-0.3, -0.25) is 0 Å². The topological polar surface area (TPSA) is 9.23 Å². The average Bonchev–Trinajstić information content (AvgIpc) is 2.82. The molecular formula is C29H34F4O. The van der Waals surface area contributed by atoms with Gasteiger partial charge in [0, 0.05) is 0 Å². The molecule has 0 spiro atoms. The number of rotatable bonds is 12. The summed E-state index contributed by atoms with van der Waals surface area (Å²) in [4.78, 5) is 0. The zero-order chi connectivity index (χ0) is 24.6. The standard InChI is InChI=1S/C29H34F4O/c1-3-5-7-21-9-11-23(12-10-21)17-18-34-29(32,33)28-26(30)19-25(20-27(28)31)24-15-13-22(14-16-24)8-6-4-2/h3-4,9-12,19-20,22,24H,1-2,5-8,13-18H2/t22-,24-. The number of alkyl halides is 2. The lowest BCUT2D eigenvalue weighted by molar-refractivity contribution is -0.251. The molecule has 0 aliphatic heterocycles. The van der Waals surface area contributed by atoms with E-state index < -0.39 is 23.3 Å². The van der Waals surface area contributed by atoms with Crippen LogP contribution in [0.4, 0.5) is 17.6 Å². The van der Waals surface area contributed by atoms with Crippen LogP contribution in [0.5, 0.6) is 0 Å². The third kappa shape index (κ3) is 7.05. The van der Waals surface area contributed by atoms with Crippen molar-refractivity contribution in [3.63, 3.8) is 0 Å². The Balaban J connectivity index is 1.58. The minimum atomic E-state index is -4.04. The van der Waals surface area contributed by atoms with Gasteiger partial charge in [0.15, 0.2) is 0 Å². The van der Waals surface area contributed by atoms with E-state index in [0.717, 1.165) is 74.6 Å². The highest BCUT2D eigenvalue weighted by atomic mass is 19.3. The first-order chi connectivity index (χ1) is 16.3. The lowest BCUT2D eigenvalue weighted by atomic mass is 9.77. The molecule has 0 saturated heterocycles. The minimum Gasteiger partial charge on any atom is -0.316 e. The van der Waals surface area contributed by atoms with Crippen LogP contribution in [0.1, 0.15) is 73.1 Å². The molecule has 2 aromatic rings. The molecule has 5 heteroatoms. The first-order valence-electron chi connectivity index (χ1n) is 12.1. The van der Waals surface area contributed by atoms with E-state index in [0.29, 0.717) is 11.5 Å². The van der Waals surface area contributed by atoms with Gasteiger partial charge in [-0.25, -0.2) is 8.78 Å². The molecule has 0 bridgehead atoms. The predicted molar refractivity (Wildman–Crippen MR) is 129 cm³/mol. The van der Waals surface area contributed by atoms with Gasteiger partial charge in [-0.15, -0.1) is 13.2 Å². The molecule has 3 rings (SSSR count). The van der Waals surface area contributed by atoms with Crippen LogP contribution in [0.15, 0.2) is 61.7 Å². The molecule has 2 aromatic carbocycles. The van der Waals surface area contributed by atoms with Gasteiger partial charge in [-0.1, -0.05) is 36.4 Å². The Kier molecular flexibility index (Phi) is 9.52. The summed E-state index contributed by atoms with van der Waals surface area (Å²) in [6.07, 6.45) is 7.22. The van der Waals surface area contributed by atoms with E-state index in [-0.39, 0.29) is 18.9 Å². The van der Waals surface area contributed by atoms with E-state index >= 15 is 0 Å². The molecule has 0 radical (unpaired) electrons. The Labute approximate surface area is 200 Å². The molecule has 0 unspecified atom stereocenters. The summed E-state index contributed by atoms with van der Waals surface area (Å²) in [5, 5.41) is 0. The second kappa shape index (κ2) is 12.3. The zero-order valence-corrected chi connectivity index (χ0v) is 19.7. The molecule has 1 fully saturated rings. The zero-order valence-electron chi connectivity index (χ0n) is 19.7. The molecule has 0 atom stereocenters. The summed E-state index contributed by atoms with van der Waals surface area (Å²) in [6, 6.07) is 9.69. The van der Waals surface area contributed by atoms with Crippen molar-refractivity contribution in [1.29, 1.82) is 0 Å². The molecule has 0 heterocycles. The quantitative estimate of drug-likeness (QED) is 0.221. The Morgan fingerprint density at radius 2 is 1.41 bits per heavy atom. The molecule has 1 aliphatic carbocycles. The second-order valence-corrected chi connectivity index (χ2v) is 9.20. The van der Waals surface area contributed by atoms with Crippen LogP contribution in [-0.4, -0.2) is 6.61 Å². The molecule has 1 aliphatic rings. The van der Waals surface area contributed by atoms with Crippen LogP contribution in [0.3, 0.4) is 0 Å². The largest absolute Gasteiger partial charge is 0.389 e. The van der Waals surface area contributed by atoms with Crippen molar-refractivity contribution in [2.24, 2.45) is 5.92 Å². The number of hydrogen-bond donors (Lipinski definition) is 0. The van der Waals surface area contributed by atoms with Crippen LogP contribution in [0, 0.1) is 17.6 Å². The third-order valence-electron chi connectivity index (χ3n) is 6.79. The minimum absolute atomic E-state index is 0.0120. The van der Waals surface area contributed by atoms with Crippen LogP contribution in [0.2, 0.25) is 0 Å². The second-order valence-electron chi connectivity index (χ2n) is 9.20. The monoisotopic (exact) mass is 474 g/mol. The molecule has 184 valence electrons. The van der Waals surface area contributed by atoms with Gasteiger partial charge in [0.05, 0.1) is 6.61 Å². The summed E-state index contributed by atoms with van der Waals surface area (Å²) in [6.45, 7) is 7.08. The first-order valence-corrected chi connectivity index (χ1v) is 12.1. The third-order valence-corrected chi connectivity index (χ3v) is 6.79. The number of hydrogen-bond acceptors (Lipinski definition) is 1. The SMILES string of the molecule is C=CCCc1ccc(CCOC(F)(F)c2c(F)cc([C@H]3CC[C@H](CCC=C)CC3)cc2F)cc1. The van der Waals surface area contributed by atoms with Gasteiger partial charge < -0.3 is 4.74 Å². The maximum atomic E-state index is 14.7. The van der Waals surface area contributed by atoms with Gasteiger partial charge in [0.1, 0.15) is 17.2 Å². The molecule has 1 nitrogen and oxygen atoms in total. The molecule has 0 amide bonds. The van der Waals surface area contributed by atoms with Crippen LogP contribution in [0.25, 0.3) is 0 Å². The summed E-state index contributed by atoms with van der Waals surface area (Å²) in [5.41, 5.74) is 1.09. The van der Waals surface area contributed by atoms with Crippen molar-refractivity contribution >= 4 is 0 Å². The Morgan fingerprint density at radius 3 is 1.97 bits per heavy atom. The highest BCUT2D eigenvalue weighted by molar-refractivity contribution is 5.31. The number of ether oxygens (including phenoxy) is 1. The van der Waals surface area contributed by atoms with Gasteiger partial charge in [-0.2, -0.15) is 8.78 Å². The first kappa shape index (κ1) is 26.2. The maximum Gasteiger partial charge on any atom is 0.389 e. The summed E-state index contributed by atoms with van der Waals surface area (Å²) >= 11 is 0. The molecule has 0 aromatic heterocycles.